The van der Waals surface area contributed by atoms with E-state index in [1.54, 1.807) is 0 Å². The standard InChI is InChI=1S/C22H14F4N2O3/c23-18-11-14(9-10-16(18)21(30)31)19(27)28-20(29)13-7-5-12(6-8-13)15-3-1-2-4-17(15)22(24,25)26/h1-11H,(H,30,31)(H2,27,28,29). The topological polar surface area (TPSA) is 92.8 Å². The van der Waals surface area contributed by atoms with Crippen LogP contribution in [0.5, 0.6) is 0 Å². The van der Waals surface area contributed by atoms with Crippen molar-refractivity contribution in [3.05, 3.63) is 94.8 Å². The summed E-state index contributed by atoms with van der Waals surface area (Å²) in [7, 11) is 0. The molecule has 0 radical (unpaired) electrons. The Hall–Kier alpha value is -4.01. The summed E-state index contributed by atoms with van der Waals surface area (Å²) in [6, 6.07) is 13.4. The molecule has 3 N–H and O–H groups in total. The van der Waals surface area contributed by atoms with Crippen LogP contribution in [0.15, 0.2) is 71.7 Å². The van der Waals surface area contributed by atoms with Gasteiger partial charge in [-0.05, 0) is 41.5 Å². The monoisotopic (exact) mass is 430 g/mol. The molecule has 0 spiro atoms. The molecule has 0 atom stereocenters. The molecule has 0 saturated heterocycles. The average molecular weight is 430 g/mol. The first kappa shape index (κ1) is 21.7. The number of aromatic carboxylic acids is 1. The summed E-state index contributed by atoms with van der Waals surface area (Å²) >= 11 is 0. The summed E-state index contributed by atoms with van der Waals surface area (Å²) in [6.07, 6.45) is -4.53. The number of rotatable bonds is 4. The van der Waals surface area contributed by atoms with Crippen LogP contribution in [0.4, 0.5) is 17.6 Å². The van der Waals surface area contributed by atoms with Gasteiger partial charge < -0.3 is 10.8 Å². The normalized spacial score (nSPS) is 11.9. The highest BCUT2D eigenvalue weighted by Crippen LogP contribution is 2.36. The van der Waals surface area contributed by atoms with E-state index in [1.165, 1.54) is 48.5 Å². The minimum absolute atomic E-state index is 0.00609. The van der Waals surface area contributed by atoms with E-state index in [1.807, 2.05) is 0 Å². The van der Waals surface area contributed by atoms with E-state index >= 15 is 0 Å². The number of benzene rings is 3. The Morgan fingerprint density at radius 1 is 0.903 bits per heavy atom. The van der Waals surface area contributed by atoms with E-state index < -0.39 is 35.0 Å². The van der Waals surface area contributed by atoms with Crippen molar-refractivity contribution in [3.63, 3.8) is 0 Å². The summed E-state index contributed by atoms with van der Waals surface area (Å²) < 4.78 is 53.4. The Kier molecular flexibility index (Phi) is 5.87. The van der Waals surface area contributed by atoms with E-state index in [0.717, 1.165) is 18.2 Å². The van der Waals surface area contributed by atoms with E-state index in [4.69, 9.17) is 10.8 Å². The third-order valence-corrected chi connectivity index (χ3v) is 4.39. The lowest BCUT2D eigenvalue weighted by Gasteiger charge is -2.12. The number of carboxylic acids is 1. The number of carbonyl (C=O) groups is 2. The van der Waals surface area contributed by atoms with Crippen molar-refractivity contribution in [2.24, 2.45) is 10.7 Å². The highest BCUT2D eigenvalue weighted by atomic mass is 19.4. The molecular formula is C22H14F4N2O3. The second-order valence-electron chi connectivity index (χ2n) is 6.42. The molecule has 0 fully saturated rings. The molecule has 1 amide bonds. The lowest BCUT2D eigenvalue weighted by atomic mass is 9.98. The fourth-order valence-electron chi connectivity index (χ4n) is 2.86. The van der Waals surface area contributed by atoms with Gasteiger partial charge in [0.2, 0.25) is 0 Å². The fraction of sp³-hybridized carbons (Fsp3) is 0.0455. The van der Waals surface area contributed by atoms with Crippen LogP contribution in [0.1, 0.15) is 31.8 Å². The van der Waals surface area contributed by atoms with Gasteiger partial charge in [-0.2, -0.15) is 18.2 Å². The third-order valence-electron chi connectivity index (χ3n) is 4.39. The molecular weight excluding hydrogens is 416 g/mol. The van der Waals surface area contributed by atoms with Crippen LogP contribution in [0.25, 0.3) is 11.1 Å². The van der Waals surface area contributed by atoms with Gasteiger partial charge in [0.15, 0.2) is 0 Å². The summed E-state index contributed by atoms with van der Waals surface area (Å²) in [4.78, 5) is 26.8. The van der Waals surface area contributed by atoms with Gasteiger partial charge >= 0.3 is 12.1 Å². The quantitative estimate of drug-likeness (QED) is 0.355. The van der Waals surface area contributed by atoms with Gasteiger partial charge in [-0.15, -0.1) is 0 Å². The zero-order valence-corrected chi connectivity index (χ0v) is 15.7. The number of aliphatic imine (C=N–C) groups is 1. The number of nitrogens with two attached hydrogens (primary N) is 1. The zero-order valence-electron chi connectivity index (χ0n) is 15.7. The van der Waals surface area contributed by atoms with Crippen LogP contribution in [0.3, 0.4) is 0 Å². The van der Waals surface area contributed by atoms with Gasteiger partial charge in [0.1, 0.15) is 11.7 Å². The van der Waals surface area contributed by atoms with Crippen LogP contribution in [-0.4, -0.2) is 22.8 Å². The van der Waals surface area contributed by atoms with Gasteiger partial charge in [-0.3, -0.25) is 4.79 Å². The second-order valence-corrected chi connectivity index (χ2v) is 6.42. The molecule has 3 aromatic rings. The predicted molar refractivity (Wildman–Crippen MR) is 105 cm³/mol. The third kappa shape index (κ3) is 4.77. The van der Waals surface area contributed by atoms with Crippen LogP contribution >= 0.6 is 0 Å². The summed E-state index contributed by atoms with van der Waals surface area (Å²) in [5.41, 5.74) is 4.63. The largest absolute Gasteiger partial charge is 0.478 e. The molecule has 3 rings (SSSR count). The number of halogens is 4. The summed E-state index contributed by atoms with van der Waals surface area (Å²) in [6.45, 7) is 0. The van der Waals surface area contributed by atoms with Crippen molar-refractivity contribution in [1.29, 1.82) is 0 Å². The van der Waals surface area contributed by atoms with Gasteiger partial charge in [0.25, 0.3) is 5.91 Å². The number of nitrogens with zero attached hydrogens (tertiary/aromatic N) is 1. The maximum atomic E-state index is 13.8. The van der Waals surface area contributed by atoms with Crippen LogP contribution in [-0.2, 0) is 6.18 Å². The lowest BCUT2D eigenvalue weighted by molar-refractivity contribution is -0.137. The number of amides is 1. The Bertz CT molecular complexity index is 1190. The maximum Gasteiger partial charge on any atom is 0.417 e. The number of hydrogen-bond acceptors (Lipinski definition) is 2. The molecule has 158 valence electrons. The average Bonchev–Trinajstić information content (AvgIpc) is 2.72. The first-order chi connectivity index (χ1) is 14.6. The number of carboxylic acid groups (broad SMARTS) is 1. The highest BCUT2D eigenvalue weighted by molar-refractivity contribution is 6.09. The van der Waals surface area contributed by atoms with Crippen molar-refractivity contribution in [2.75, 3.05) is 0 Å². The first-order valence-electron chi connectivity index (χ1n) is 8.76. The van der Waals surface area contributed by atoms with Crippen LogP contribution < -0.4 is 5.73 Å². The van der Waals surface area contributed by atoms with E-state index in [-0.39, 0.29) is 28.1 Å². The van der Waals surface area contributed by atoms with Crippen molar-refractivity contribution in [3.8, 4) is 11.1 Å². The second kappa shape index (κ2) is 8.39. The Morgan fingerprint density at radius 2 is 1.52 bits per heavy atom. The highest BCUT2D eigenvalue weighted by Gasteiger charge is 2.33. The zero-order chi connectivity index (χ0) is 22.8. The van der Waals surface area contributed by atoms with Crippen molar-refractivity contribution in [1.82, 2.24) is 0 Å². The molecule has 0 heterocycles. The van der Waals surface area contributed by atoms with E-state index in [0.29, 0.717) is 0 Å². The molecule has 0 unspecified atom stereocenters. The summed E-state index contributed by atoms with van der Waals surface area (Å²) in [5.74, 6) is -3.63. The number of carbonyl (C=O) groups excluding carboxylic acids is 1. The van der Waals surface area contributed by atoms with Crippen LogP contribution in [0.2, 0.25) is 0 Å². The molecule has 0 aliphatic heterocycles. The Morgan fingerprint density at radius 3 is 2.10 bits per heavy atom. The molecule has 0 saturated carbocycles. The molecule has 0 aliphatic rings. The van der Waals surface area contributed by atoms with Gasteiger partial charge in [-0.25, -0.2) is 9.18 Å². The van der Waals surface area contributed by atoms with Gasteiger partial charge in [0, 0.05) is 11.1 Å². The summed E-state index contributed by atoms with van der Waals surface area (Å²) in [5, 5.41) is 8.84. The molecule has 0 bridgehead atoms. The van der Waals surface area contributed by atoms with Crippen molar-refractivity contribution in [2.45, 2.75) is 6.18 Å². The smallest absolute Gasteiger partial charge is 0.417 e. The predicted octanol–water partition coefficient (Wildman–Crippen LogP) is 4.76. The van der Waals surface area contributed by atoms with Gasteiger partial charge in [0.05, 0.1) is 11.1 Å². The van der Waals surface area contributed by atoms with Crippen molar-refractivity contribution >= 4 is 17.7 Å². The minimum atomic E-state index is -4.53. The molecule has 3 aromatic carbocycles. The Balaban J connectivity index is 1.86. The molecule has 31 heavy (non-hydrogen) atoms. The molecule has 0 aromatic heterocycles. The SMILES string of the molecule is NC(=NC(=O)c1ccc(-c2ccccc2C(F)(F)F)cc1)c1ccc(C(=O)O)c(F)c1. The fourth-order valence-corrected chi connectivity index (χ4v) is 2.86. The van der Waals surface area contributed by atoms with E-state index in [9.17, 15) is 27.2 Å². The number of alkyl halides is 3. The van der Waals surface area contributed by atoms with Gasteiger partial charge in [-0.1, -0.05) is 36.4 Å². The first-order valence-corrected chi connectivity index (χ1v) is 8.76. The molecule has 5 nitrogen and oxygen atoms in total. The van der Waals surface area contributed by atoms with Crippen LogP contribution in [0, 0.1) is 5.82 Å². The number of hydrogen-bond donors (Lipinski definition) is 2. The maximum absolute atomic E-state index is 13.8. The lowest BCUT2D eigenvalue weighted by Crippen LogP contribution is -2.17. The number of amidine groups is 1. The molecule has 0 aliphatic carbocycles. The van der Waals surface area contributed by atoms with E-state index in [2.05, 4.69) is 4.99 Å². The minimum Gasteiger partial charge on any atom is -0.478 e. The van der Waals surface area contributed by atoms with Crippen molar-refractivity contribution < 1.29 is 32.3 Å². The Labute approximate surface area is 173 Å². The molecule has 9 heteroatoms.